The molecular weight excluding hydrogens is 459 g/mol. The maximum Gasteiger partial charge on any atom is 0.263 e. The van der Waals surface area contributed by atoms with E-state index in [2.05, 4.69) is 38.3 Å². The van der Waals surface area contributed by atoms with Crippen molar-refractivity contribution in [3.63, 3.8) is 0 Å². The smallest absolute Gasteiger partial charge is 0.263 e. The minimum absolute atomic E-state index is 0.0484. The Morgan fingerprint density at radius 3 is 2.62 bits per heavy atom. The van der Waals surface area contributed by atoms with Gasteiger partial charge in [-0.05, 0) is 31.0 Å². The van der Waals surface area contributed by atoms with Gasteiger partial charge >= 0.3 is 0 Å². The molecule has 5 rings (SSSR count). The van der Waals surface area contributed by atoms with E-state index in [-0.39, 0.29) is 23.6 Å². The van der Waals surface area contributed by atoms with E-state index >= 15 is 0 Å². The Hall–Kier alpha value is -3.08. The number of carbonyl (C=O) groups is 1. The van der Waals surface area contributed by atoms with E-state index < -0.39 is 11.9 Å². The highest BCUT2D eigenvalue weighted by molar-refractivity contribution is 7.09. The van der Waals surface area contributed by atoms with E-state index in [1.54, 1.807) is 13.0 Å². The fourth-order valence-electron chi connectivity index (χ4n) is 4.40. The summed E-state index contributed by atoms with van der Waals surface area (Å²) < 4.78 is 30.3. The van der Waals surface area contributed by atoms with Crippen LogP contribution >= 0.6 is 11.5 Å². The molecule has 0 bridgehead atoms. The van der Waals surface area contributed by atoms with Crippen molar-refractivity contribution in [3.8, 4) is 17.2 Å². The second-order valence-corrected chi connectivity index (χ2v) is 9.74. The molecule has 0 N–H and O–H groups in total. The van der Waals surface area contributed by atoms with Gasteiger partial charge in [-0.25, -0.2) is 9.37 Å². The fourth-order valence-corrected chi connectivity index (χ4v) is 5.26. The molecule has 2 fully saturated rings. The molecule has 0 spiro atoms. The van der Waals surface area contributed by atoms with Gasteiger partial charge in [-0.1, -0.05) is 13.8 Å². The number of hydrogen-bond acceptors (Lipinski definition) is 9. The number of anilines is 1. The molecule has 1 unspecified atom stereocenters. The quantitative estimate of drug-likeness (QED) is 0.519. The number of likely N-dealkylation sites (tertiary alicyclic amines) is 1. The Morgan fingerprint density at radius 2 is 1.97 bits per heavy atom. The third kappa shape index (κ3) is 4.48. The summed E-state index contributed by atoms with van der Waals surface area (Å²) in [7, 11) is 0. The van der Waals surface area contributed by atoms with Gasteiger partial charge in [-0.15, -0.1) is 10.2 Å². The fraction of sp³-hybridized carbons (Fsp3) is 0.522. The number of nitrogens with zero attached hydrogens (tertiary/aromatic N) is 6. The molecule has 1 amide bonds. The van der Waals surface area contributed by atoms with Crippen LogP contribution in [-0.2, 0) is 4.79 Å². The van der Waals surface area contributed by atoms with Gasteiger partial charge in [0.05, 0.1) is 0 Å². The van der Waals surface area contributed by atoms with Crippen LogP contribution in [0.5, 0.6) is 5.75 Å². The van der Waals surface area contributed by atoms with Crippen molar-refractivity contribution in [2.75, 3.05) is 24.5 Å². The zero-order valence-electron chi connectivity index (χ0n) is 19.4. The number of hydrogen-bond donors (Lipinski definition) is 0. The summed E-state index contributed by atoms with van der Waals surface area (Å²) in [5.41, 5.74) is 0.465. The summed E-state index contributed by atoms with van der Waals surface area (Å²) in [6.45, 7) is 8.13. The average Bonchev–Trinajstić information content (AvgIpc) is 3.56. The summed E-state index contributed by atoms with van der Waals surface area (Å²) >= 11 is 1.44. The lowest BCUT2D eigenvalue weighted by atomic mass is 10.0. The molecule has 9 nitrogen and oxygen atoms in total. The van der Waals surface area contributed by atoms with Crippen LogP contribution in [0, 0.1) is 12.7 Å². The van der Waals surface area contributed by atoms with E-state index in [0.29, 0.717) is 30.3 Å². The van der Waals surface area contributed by atoms with Crippen LogP contribution in [0.3, 0.4) is 0 Å². The van der Waals surface area contributed by atoms with Crippen molar-refractivity contribution >= 4 is 22.6 Å². The molecule has 4 heterocycles. The number of piperidine rings is 1. The molecule has 1 atom stereocenters. The molecule has 180 valence electrons. The van der Waals surface area contributed by atoms with E-state index in [0.717, 1.165) is 36.9 Å². The summed E-state index contributed by atoms with van der Waals surface area (Å²) in [4.78, 5) is 21.8. The van der Waals surface area contributed by atoms with Gasteiger partial charge in [0, 0.05) is 62.0 Å². The molecule has 0 radical (unpaired) electrons. The second-order valence-electron chi connectivity index (χ2n) is 9.01. The highest BCUT2D eigenvalue weighted by Crippen LogP contribution is 2.31. The van der Waals surface area contributed by atoms with Crippen LogP contribution in [0.1, 0.15) is 50.7 Å². The van der Waals surface area contributed by atoms with Crippen molar-refractivity contribution in [1.29, 1.82) is 0 Å². The van der Waals surface area contributed by atoms with Gasteiger partial charge in [0.25, 0.3) is 5.91 Å². The van der Waals surface area contributed by atoms with Crippen LogP contribution in [0.15, 0.2) is 22.6 Å². The Bertz CT molecular complexity index is 1170. The Labute approximate surface area is 201 Å². The Balaban J connectivity index is 1.18. The van der Waals surface area contributed by atoms with Gasteiger partial charge in [-0.3, -0.25) is 4.79 Å². The Kier molecular flexibility index (Phi) is 6.20. The summed E-state index contributed by atoms with van der Waals surface area (Å²) in [5, 5.41) is 8.61. The van der Waals surface area contributed by atoms with Gasteiger partial charge < -0.3 is 19.0 Å². The lowest BCUT2D eigenvalue weighted by Crippen LogP contribution is -2.47. The summed E-state index contributed by atoms with van der Waals surface area (Å²) in [6, 6.07) is 4.60. The summed E-state index contributed by atoms with van der Waals surface area (Å²) in [5.74, 6) is 1.24. The first-order chi connectivity index (χ1) is 16.4. The number of halogens is 1. The molecule has 3 aromatic rings. The Morgan fingerprint density at radius 1 is 1.18 bits per heavy atom. The van der Waals surface area contributed by atoms with E-state index in [9.17, 15) is 9.18 Å². The van der Waals surface area contributed by atoms with Crippen molar-refractivity contribution in [2.24, 2.45) is 0 Å². The van der Waals surface area contributed by atoms with Gasteiger partial charge in [0.2, 0.25) is 16.9 Å². The largest absolute Gasteiger partial charge is 0.477 e. The number of amides is 1. The number of rotatable bonds is 6. The van der Waals surface area contributed by atoms with Crippen molar-refractivity contribution in [3.05, 3.63) is 35.7 Å². The normalized spacial score (nSPS) is 19.4. The molecule has 2 aliphatic heterocycles. The standard InChI is InChI=1S/C23H27FN6O3S/c1-13(2)20-25-23(34-28-20)29-9-6-16(7-10-29)30-11-8-19(22(30)31)33-18-5-4-15(12-17(18)24)21-27-26-14(3)32-21/h4-5,12-13,16,19H,6-11H2,1-3H3. The number of ether oxygens (including phenoxy) is 1. The van der Waals surface area contributed by atoms with E-state index in [1.807, 2.05) is 4.90 Å². The molecule has 2 saturated heterocycles. The first kappa shape index (κ1) is 22.7. The van der Waals surface area contributed by atoms with Crippen LogP contribution in [0.2, 0.25) is 0 Å². The summed E-state index contributed by atoms with van der Waals surface area (Å²) in [6.07, 6.45) is 1.58. The van der Waals surface area contributed by atoms with Crippen molar-refractivity contribution < 1.29 is 18.3 Å². The molecule has 0 saturated carbocycles. The number of benzene rings is 1. The maximum absolute atomic E-state index is 14.7. The lowest BCUT2D eigenvalue weighted by molar-refractivity contribution is -0.135. The average molecular weight is 487 g/mol. The SMILES string of the molecule is Cc1nnc(-c2ccc(OC3CCN(C4CCN(c5nc(C(C)C)ns5)CC4)C3=O)c(F)c2)o1. The molecule has 2 aromatic heterocycles. The maximum atomic E-state index is 14.7. The second kappa shape index (κ2) is 9.28. The minimum Gasteiger partial charge on any atom is -0.477 e. The van der Waals surface area contributed by atoms with E-state index in [4.69, 9.17) is 9.15 Å². The van der Waals surface area contributed by atoms with E-state index in [1.165, 1.54) is 23.7 Å². The molecule has 0 aliphatic carbocycles. The third-order valence-corrected chi connectivity index (χ3v) is 7.08. The first-order valence-corrected chi connectivity index (χ1v) is 12.3. The van der Waals surface area contributed by atoms with Gasteiger partial charge in [0.15, 0.2) is 17.7 Å². The zero-order chi connectivity index (χ0) is 23.8. The van der Waals surface area contributed by atoms with Gasteiger partial charge in [0.1, 0.15) is 5.82 Å². The number of carbonyl (C=O) groups excluding carboxylic acids is 1. The predicted octanol–water partition coefficient (Wildman–Crippen LogP) is 3.81. The topological polar surface area (TPSA) is 97.5 Å². The minimum atomic E-state index is -0.680. The van der Waals surface area contributed by atoms with Crippen LogP contribution in [0.25, 0.3) is 11.5 Å². The highest BCUT2D eigenvalue weighted by atomic mass is 32.1. The first-order valence-electron chi connectivity index (χ1n) is 11.5. The molecule has 34 heavy (non-hydrogen) atoms. The van der Waals surface area contributed by atoms with Crippen LogP contribution in [-0.4, -0.2) is 62.1 Å². The number of aryl methyl sites for hydroxylation is 1. The van der Waals surface area contributed by atoms with Gasteiger partial charge in [-0.2, -0.15) is 4.37 Å². The van der Waals surface area contributed by atoms with Crippen LogP contribution in [0.4, 0.5) is 9.52 Å². The van der Waals surface area contributed by atoms with Crippen LogP contribution < -0.4 is 9.64 Å². The molecule has 2 aliphatic rings. The third-order valence-electron chi connectivity index (χ3n) is 6.29. The van der Waals surface area contributed by atoms with Crippen molar-refractivity contribution in [2.45, 2.75) is 58.1 Å². The zero-order valence-corrected chi connectivity index (χ0v) is 20.2. The van der Waals surface area contributed by atoms with Crippen molar-refractivity contribution in [1.82, 2.24) is 24.5 Å². The lowest BCUT2D eigenvalue weighted by Gasteiger charge is -2.36. The highest BCUT2D eigenvalue weighted by Gasteiger charge is 2.39. The number of aromatic nitrogens is 4. The molecule has 11 heteroatoms. The monoisotopic (exact) mass is 486 g/mol. The molecular formula is C23H27FN6O3S. The molecule has 1 aromatic carbocycles. The predicted molar refractivity (Wildman–Crippen MR) is 124 cm³/mol.